The minimum Gasteiger partial charge on any atom is -0.508 e. The molecule has 3 fully saturated rings. The van der Waals surface area contributed by atoms with Crippen LogP contribution in [0.1, 0.15) is 42.7 Å². The average molecular weight is 672 g/mol. The minimum absolute atomic E-state index is 0.00267. The number of benzene rings is 3. The minimum atomic E-state index is -1.52. The number of allylic oxidation sites excluding steroid dienone is 2. The van der Waals surface area contributed by atoms with Crippen LogP contribution in [0.25, 0.3) is 0 Å². The Kier molecular flexibility index (Phi) is 7.82. The summed E-state index contributed by atoms with van der Waals surface area (Å²) in [6, 6.07) is 18.4. The summed E-state index contributed by atoms with van der Waals surface area (Å²) < 4.78 is 13.8. The van der Waals surface area contributed by atoms with Gasteiger partial charge in [0, 0.05) is 23.9 Å². The summed E-state index contributed by atoms with van der Waals surface area (Å²) in [7, 11) is 0. The fourth-order valence-corrected chi connectivity index (χ4v) is 8.50. The Hall–Kier alpha value is -5.03. The van der Waals surface area contributed by atoms with E-state index in [-0.39, 0.29) is 43.9 Å². The average Bonchev–Trinajstić information content (AvgIpc) is 3.43. The van der Waals surface area contributed by atoms with E-state index in [1.807, 2.05) is 6.08 Å². The largest absolute Gasteiger partial charge is 0.508 e. The van der Waals surface area contributed by atoms with Gasteiger partial charge in [-0.05, 0) is 84.8 Å². The van der Waals surface area contributed by atoms with Crippen LogP contribution in [0, 0.1) is 29.5 Å². The van der Waals surface area contributed by atoms with E-state index in [1.165, 1.54) is 36.4 Å². The van der Waals surface area contributed by atoms with E-state index in [2.05, 4.69) is 5.43 Å². The number of phenolic OH excluding ortho intramolecular Hbond substituents is 1. The van der Waals surface area contributed by atoms with Gasteiger partial charge in [-0.15, -0.1) is 0 Å². The first kappa shape index (κ1) is 31.6. The Labute approximate surface area is 279 Å². The maximum absolute atomic E-state index is 15.0. The second-order valence-electron chi connectivity index (χ2n) is 12.8. The van der Waals surface area contributed by atoms with Gasteiger partial charge >= 0.3 is 5.97 Å². The van der Waals surface area contributed by atoms with Crippen molar-refractivity contribution in [2.45, 2.75) is 37.0 Å². The van der Waals surface area contributed by atoms with Gasteiger partial charge < -0.3 is 10.2 Å². The van der Waals surface area contributed by atoms with Crippen molar-refractivity contribution < 1.29 is 38.6 Å². The van der Waals surface area contributed by atoms with E-state index < -0.39 is 64.5 Å². The van der Waals surface area contributed by atoms with Crippen LogP contribution >= 0.6 is 11.6 Å². The van der Waals surface area contributed by atoms with Gasteiger partial charge in [0.1, 0.15) is 11.6 Å². The number of carboxylic acid groups (broad SMARTS) is 1. The standard InChI is InChI=1S/C36H31ClFN3O7/c37-21-7-5-20(6-8-21)36-28(33(46)41(35(36)48)39-23-11-9-22(38)10-12-23)18-27-25(31(36)19-3-13-24(42)14-4-19)15-16-26-30(27)34(47)40(32(26)45)17-1-2-29(43)44/h3-15,26-28,30-31,39,42H,1-2,16-18H2,(H,43,44). The molecule has 0 bridgehead atoms. The number of fused-ring (bicyclic) bond motifs is 4. The number of carbonyl (C=O) groups is 5. The maximum Gasteiger partial charge on any atom is 0.303 e. The van der Waals surface area contributed by atoms with Crippen molar-refractivity contribution in [3.63, 3.8) is 0 Å². The highest BCUT2D eigenvalue weighted by Crippen LogP contribution is 2.64. The number of likely N-dealkylation sites (tertiary alicyclic amines) is 1. The fourth-order valence-electron chi connectivity index (χ4n) is 8.37. The molecule has 12 heteroatoms. The highest BCUT2D eigenvalue weighted by molar-refractivity contribution is 6.30. The number of halogens is 2. The number of anilines is 1. The number of rotatable bonds is 8. The second-order valence-corrected chi connectivity index (χ2v) is 13.2. The summed E-state index contributed by atoms with van der Waals surface area (Å²) in [6.45, 7) is -0.0225. The molecule has 2 aliphatic carbocycles. The molecule has 2 aliphatic heterocycles. The van der Waals surface area contributed by atoms with Gasteiger partial charge in [0.05, 0.1) is 28.9 Å². The van der Waals surface area contributed by atoms with Crippen LogP contribution in [-0.4, -0.2) is 56.3 Å². The van der Waals surface area contributed by atoms with E-state index >= 15 is 4.79 Å². The Morgan fingerprint density at radius 2 is 1.60 bits per heavy atom. The van der Waals surface area contributed by atoms with Crippen molar-refractivity contribution in [2.75, 3.05) is 12.0 Å². The van der Waals surface area contributed by atoms with Gasteiger partial charge in [-0.2, -0.15) is 5.01 Å². The first-order chi connectivity index (χ1) is 23.0. The van der Waals surface area contributed by atoms with Gasteiger partial charge in [-0.3, -0.25) is 34.3 Å². The van der Waals surface area contributed by atoms with Crippen LogP contribution in [0.3, 0.4) is 0 Å². The number of nitrogens with one attached hydrogen (secondary N) is 1. The van der Waals surface area contributed by atoms with Gasteiger partial charge in [-0.25, -0.2) is 4.39 Å². The predicted octanol–water partition coefficient (Wildman–Crippen LogP) is 5.03. The first-order valence-electron chi connectivity index (χ1n) is 15.7. The van der Waals surface area contributed by atoms with E-state index in [0.29, 0.717) is 21.8 Å². The Bertz CT molecular complexity index is 1860. The van der Waals surface area contributed by atoms with Crippen molar-refractivity contribution in [3.8, 4) is 5.75 Å². The third-order valence-electron chi connectivity index (χ3n) is 10.3. The third kappa shape index (κ3) is 4.87. The molecule has 6 atom stereocenters. The zero-order valence-corrected chi connectivity index (χ0v) is 26.3. The molecule has 4 aliphatic rings. The highest BCUT2D eigenvalue weighted by atomic mass is 35.5. The molecule has 2 heterocycles. The van der Waals surface area contributed by atoms with Crippen molar-refractivity contribution in [1.82, 2.24) is 9.91 Å². The molecule has 0 spiro atoms. The van der Waals surface area contributed by atoms with Crippen molar-refractivity contribution in [1.29, 1.82) is 0 Å². The van der Waals surface area contributed by atoms with Crippen LogP contribution in [-0.2, 0) is 29.4 Å². The Morgan fingerprint density at radius 1 is 0.917 bits per heavy atom. The number of nitrogens with zero attached hydrogens (tertiary/aromatic N) is 2. The SMILES string of the molecule is O=C(O)CCCN1C(=O)C2CC=C3C(CC4C(=O)N(Nc5ccc(F)cc5)C(=O)C4(c4ccc(Cl)cc4)C3c3ccc(O)cc3)C2C1=O. The normalized spacial score (nSPS) is 27.8. The first-order valence-corrected chi connectivity index (χ1v) is 16.1. The van der Waals surface area contributed by atoms with Crippen molar-refractivity contribution in [3.05, 3.63) is 106 Å². The highest BCUT2D eigenvalue weighted by Gasteiger charge is 2.70. The molecule has 0 aromatic heterocycles. The molecular weight excluding hydrogens is 641 g/mol. The third-order valence-corrected chi connectivity index (χ3v) is 10.6. The quantitative estimate of drug-likeness (QED) is 0.223. The molecule has 6 unspecified atom stereocenters. The molecule has 246 valence electrons. The molecule has 3 aromatic rings. The number of imide groups is 2. The molecule has 3 N–H and O–H groups in total. The number of phenols is 1. The van der Waals surface area contributed by atoms with E-state index in [1.54, 1.807) is 36.4 Å². The monoisotopic (exact) mass is 671 g/mol. The number of carbonyl (C=O) groups excluding carboxylic acids is 4. The van der Waals surface area contributed by atoms with E-state index in [4.69, 9.17) is 16.7 Å². The zero-order valence-electron chi connectivity index (χ0n) is 25.5. The number of aromatic hydroxyl groups is 1. The topological polar surface area (TPSA) is 144 Å². The maximum atomic E-state index is 15.0. The number of hydrogen-bond acceptors (Lipinski definition) is 7. The van der Waals surface area contributed by atoms with Crippen LogP contribution in [0.4, 0.5) is 10.1 Å². The molecule has 2 saturated heterocycles. The summed E-state index contributed by atoms with van der Waals surface area (Å²) in [4.78, 5) is 69.4. The molecule has 0 radical (unpaired) electrons. The molecule has 3 aromatic carbocycles. The van der Waals surface area contributed by atoms with Gasteiger partial charge in [-0.1, -0.05) is 47.5 Å². The summed E-state index contributed by atoms with van der Waals surface area (Å²) in [6.07, 6.45) is 2.15. The number of aliphatic carboxylic acids is 1. The fraction of sp³-hybridized carbons (Fsp3) is 0.306. The van der Waals surface area contributed by atoms with Crippen molar-refractivity contribution >= 4 is 46.9 Å². The lowest BCUT2D eigenvalue weighted by Crippen LogP contribution is -2.53. The smallest absolute Gasteiger partial charge is 0.303 e. The summed E-state index contributed by atoms with van der Waals surface area (Å²) in [5.74, 6) is -7.23. The lowest BCUT2D eigenvalue weighted by atomic mass is 9.49. The van der Waals surface area contributed by atoms with E-state index in [0.717, 1.165) is 15.5 Å². The second kappa shape index (κ2) is 11.9. The van der Waals surface area contributed by atoms with Crippen LogP contribution < -0.4 is 5.43 Å². The number of carboxylic acids is 1. The molecule has 48 heavy (non-hydrogen) atoms. The lowest BCUT2D eigenvalue weighted by Gasteiger charge is -2.50. The van der Waals surface area contributed by atoms with E-state index in [9.17, 15) is 28.7 Å². The summed E-state index contributed by atoms with van der Waals surface area (Å²) in [5, 5.41) is 20.7. The molecular formula is C36H31ClFN3O7. The van der Waals surface area contributed by atoms with Gasteiger partial charge in [0.2, 0.25) is 11.8 Å². The molecule has 7 rings (SSSR count). The lowest BCUT2D eigenvalue weighted by molar-refractivity contribution is -0.142. The van der Waals surface area contributed by atoms with Gasteiger partial charge in [0.15, 0.2) is 0 Å². The van der Waals surface area contributed by atoms with Crippen molar-refractivity contribution in [2.24, 2.45) is 23.7 Å². The number of amides is 4. The molecule has 1 saturated carbocycles. The van der Waals surface area contributed by atoms with Crippen LogP contribution in [0.15, 0.2) is 84.4 Å². The zero-order chi connectivity index (χ0) is 33.9. The van der Waals surface area contributed by atoms with Crippen LogP contribution in [0.2, 0.25) is 5.02 Å². The Balaban J connectivity index is 1.38. The van der Waals surface area contributed by atoms with Crippen LogP contribution in [0.5, 0.6) is 5.75 Å². The Morgan fingerprint density at radius 3 is 2.27 bits per heavy atom. The van der Waals surface area contributed by atoms with Gasteiger partial charge in [0.25, 0.3) is 11.8 Å². The number of hydrogen-bond donors (Lipinski definition) is 3. The molecule has 10 nitrogen and oxygen atoms in total. The summed E-state index contributed by atoms with van der Waals surface area (Å²) in [5.41, 5.74) is 3.59. The predicted molar refractivity (Wildman–Crippen MR) is 171 cm³/mol. The summed E-state index contributed by atoms with van der Waals surface area (Å²) >= 11 is 6.29. The number of hydrazine groups is 1. The molecule has 4 amide bonds.